The number of rotatable bonds is 4. The Bertz CT molecular complexity index is 804. The third-order valence-electron chi connectivity index (χ3n) is 3.18. The molecule has 9 nitrogen and oxygen atoms in total. The molecule has 9 heteroatoms. The molecule has 2 amide bonds. The van der Waals surface area contributed by atoms with Crippen LogP contribution in [-0.2, 0) is 4.74 Å². The van der Waals surface area contributed by atoms with Gasteiger partial charge in [0.2, 0.25) is 5.76 Å². The van der Waals surface area contributed by atoms with Crippen molar-refractivity contribution in [2.24, 2.45) is 0 Å². The molecule has 1 aliphatic rings. The molecular formula is C14H8N2O7. The van der Waals surface area contributed by atoms with Crippen LogP contribution in [0.5, 0.6) is 0 Å². The highest BCUT2D eigenvalue weighted by Crippen LogP contribution is 2.22. The average Bonchev–Trinajstić information content (AvgIpc) is 3.12. The largest absolute Gasteiger partial charge is 0.438 e. The van der Waals surface area contributed by atoms with Crippen LogP contribution in [0.4, 0.5) is 5.88 Å². The molecule has 0 aliphatic carbocycles. The van der Waals surface area contributed by atoms with Crippen molar-refractivity contribution in [3.05, 3.63) is 63.4 Å². The van der Waals surface area contributed by atoms with Gasteiger partial charge in [-0.05, 0) is 18.2 Å². The van der Waals surface area contributed by atoms with E-state index in [-0.39, 0.29) is 11.1 Å². The molecule has 0 atom stereocenters. The topological polar surface area (TPSA) is 120 Å². The van der Waals surface area contributed by atoms with Crippen molar-refractivity contribution in [1.29, 1.82) is 0 Å². The summed E-state index contributed by atoms with van der Waals surface area (Å²) < 4.78 is 9.48. The zero-order valence-corrected chi connectivity index (χ0v) is 11.4. The first-order valence-corrected chi connectivity index (χ1v) is 6.35. The van der Waals surface area contributed by atoms with Gasteiger partial charge in [0.25, 0.3) is 11.8 Å². The average molecular weight is 316 g/mol. The van der Waals surface area contributed by atoms with Crippen LogP contribution in [0.3, 0.4) is 0 Å². The van der Waals surface area contributed by atoms with E-state index in [1.165, 1.54) is 12.1 Å². The number of nitrogens with zero attached hydrogens (tertiary/aromatic N) is 2. The molecule has 116 valence electrons. The van der Waals surface area contributed by atoms with E-state index in [0.29, 0.717) is 0 Å². The molecule has 0 spiro atoms. The Morgan fingerprint density at radius 1 is 1.13 bits per heavy atom. The molecule has 2 aromatic rings. The minimum absolute atomic E-state index is 0.224. The van der Waals surface area contributed by atoms with E-state index < -0.39 is 41.1 Å². The molecule has 0 fully saturated rings. The van der Waals surface area contributed by atoms with E-state index in [1.54, 1.807) is 12.1 Å². The van der Waals surface area contributed by atoms with Crippen LogP contribution in [0.2, 0.25) is 0 Å². The van der Waals surface area contributed by atoms with Gasteiger partial charge in [0.05, 0.1) is 17.2 Å². The van der Waals surface area contributed by atoms with Crippen LogP contribution in [0.15, 0.2) is 40.8 Å². The fourth-order valence-corrected chi connectivity index (χ4v) is 2.09. The van der Waals surface area contributed by atoms with Gasteiger partial charge in [-0.25, -0.2) is 9.69 Å². The lowest BCUT2D eigenvalue weighted by Gasteiger charge is -2.12. The van der Waals surface area contributed by atoms with Crippen LogP contribution >= 0.6 is 0 Å². The van der Waals surface area contributed by atoms with E-state index in [9.17, 15) is 24.5 Å². The number of ether oxygens (including phenoxy) is 1. The number of imide groups is 1. The summed E-state index contributed by atoms with van der Waals surface area (Å²) in [6.07, 6.45) is 0. The number of hydrogen-bond acceptors (Lipinski definition) is 7. The third-order valence-corrected chi connectivity index (χ3v) is 3.18. The van der Waals surface area contributed by atoms with Crippen LogP contribution in [-0.4, -0.2) is 34.3 Å². The van der Waals surface area contributed by atoms with Crippen molar-refractivity contribution >= 4 is 23.7 Å². The van der Waals surface area contributed by atoms with Gasteiger partial charge in [0, 0.05) is 0 Å². The van der Waals surface area contributed by atoms with Crippen molar-refractivity contribution in [2.75, 3.05) is 6.73 Å². The summed E-state index contributed by atoms with van der Waals surface area (Å²) in [4.78, 5) is 46.3. The van der Waals surface area contributed by atoms with Crippen LogP contribution < -0.4 is 0 Å². The zero-order chi connectivity index (χ0) is 16.6. The Labute approximate surface area is 128 Å². The van der Waals surface area contributed by atoms with Crippen LogP contribution in [0.25, 0.3) is 0 Å². The molecule has 0 bridgehead atoms. The number of benzene rings is 1. The Morgan fingerprint density at radius 3 is 2.26 bits per heavy atom. The minimum Gasteiger partial charge on any atom is -0.438 e. The first kappa shape index (κ1) is 14.4. The van der Waals surface area contributed by atoms with Gasteiger partial charge in [-0.1, -0.05) is 12.1 Å². The molecule has 0 saturated carbocycles. The highest BCUT2D eigenvalue weighted by Gasteiger charge is 2.36. The fraction of sp³-hybridized carbons (Fsp3) is 0.0714. The van der Waals surface area contributed by atoms with E-state index in [1.807, 2.05) is 0 Å². The van der Waals surface area contributed by atoms with E-state index in [2.05, 4.69) is 4.42 Å². The smallest absolute Gasteiger partial charge is 0.433 e. The summed E-state index contributed by atoms with van der Waals surface area (Å²) in [7, 11) is 0. The van der Waals surface area contributed by atoms with Gasteiger partial charge in [-0.2, -0.15) is 0 Å². The highest BCUT2D eigenvalue weighted by molar-refractivity contribution is 6.21. The maximum absolute atomic E-state index is 12.1. The Morgan fingerprint density at radius 2 is 1.74 bits per heavy atom. The Kier molecular flexibility index (Phi) is 3.37. The minimum atomic E-state index is -1.02. The lowest BCUT2D eigenvalue weighted by molar-refractivity contribution is -0.402. The number of fused-ring (bicyclic) bond motifs is 1. The lowest BCUT2D eigenvalue weighted by Crippen LogP contribution is -2.33. The zero-order valence-electron chi connectivity index (χ0n) is 11.4. The van der Waals surface area contributed by atoms with Crippen molar-refractivity contribution in [3.63, 3.8) is 0 Å². The van der Waals surface area contributed by atoms with Gasteiger partial charge in [-0.3, -0.25) is 19.7 Å². The first-order valence-electron chi connectivity index (χ1n) is 6.35. The quantitative estimate of drug-likeness (QED) is 0.363. The summed E-state index contributed by atoms with van der Waals surface area (Å²) in [6, 6.07) is 8.28. The molecule has 0 saturated heterocycles. The van der Waals surface area contributed by atoms with Gasteiger partial charge < -0.3 is 9.15 Å². The highest BCUT2D eigenvalue weighted by atomic mass is 16.7. The maximum Gasteiger partial charge on any atom is 0.433 e. The lowest BCUT2D eigenvalue weighted by atomic mass is 10.1. The number of carbonyl (C=O) groups excluding carboxylic acids is 3. The van der Waals surface area contributed by atoms with Crippen molar-refractivity contribution < 1.29 is 28.5 Å². The predicted molar refractivity (Wildman–Crippen MR) is 72.6 cm³/mol. The normalized spacial score (nSPS) is 13.1. The Hall–Kier alpha value is -3.49. The van der Waals surface area contributed by atoms with E-state index in [4.69, 9.17) is 4.74 Å². The van der Waals surface area contributed by atoms with Crippen LogP contribution in [0, 0.1) is 10.1 Å². The van der Waals surface area contributed by atoms with Crippen LogP contribution in [0.1, 0.15) is 31.3 Å². The SMILES string of the molecule is O=C(OCN1C(=O)c2ccccc2C1=O)c1ccc([N+](=O)[O-])o1. The predicted octanol–water partition coefficient (Wildman–Crippen LogP) is 1.60. The van der Waals surface area contributed by atoms with Crippen molar-refractivity contribution in [1.82, 2.24) is 4.90 Å². The number of carbonyl (C=O) groups is 3. The molecule has 2 heterocycles. The number of amides is 2. The van der Waals surface area contributed by atoms with E-state index >= 15 is 0 Å². The molecule has 0 unspecified atom stereocenters. The molecule has 1 aromatic carbocycles. The molecule has 1 aromatic heterocycles. The molecule has 0 radical (unpaired) electrons. The molecule has 23 heavy (non-hydrogen) atoms. The van der Waals surface area contributed by atoms with Gasteiger partial charge in [0.15, 0.2) is 6.73 Å². The number of hydrogen-bond donors (Lipinski definition) is 0. The summed E-state index contributed by atoms with van der Waals surface area (Å²) in [5.74, 6) is -3.19. The number of nitro groups is 1. The molecule has 1 aliphatic heterocycles. The second-order valence-electron chi connectivity index (χ2n) is 4.54. The molecule has 0 N–H and O–H groups in total. The van der Waals surface area contributed by atoms with Crippen molar-refractivity contribution in [3.8, 4) is 0 Å². The molecule has 3 rings (SSSR count). The summed E-state index contributed by atoms with van der Waals surface area (Å²) in [5, 5.41) is 10.5. The van der Waals surface area contributed by atoms with Gasteiger partial charge >= 0.3 is 11.9 Å². The number of furan rings is 1. The number of esters is 1. The maximum atomic E-state index is 12.1. The summed E-state index contributed by atoms with van der Waals surface area (Å²) in [5.41, 5.74) is 0.448. The summed E-state index contributed by atoms with van der Waals surface area (Å²) >= 11 is 0. The van der Waals surface area contributed by atoms with Gasteiger partial charge in [-0.15, -0.1) is 0 Å². The third kappa shape index (κ3) is 2.44. The summed E-state index contributed by atoms with van der Waals surface area (Å²) in [6.45, 7) is -0.611. The van der Waals surface area contributed by atoms with Crippen molar-refractivity contribution in [2.45, 2.75) is 0 Å². The Balaban J connectivity index is 1.69. The first-order chi connectivity index (χ1) is 11.0. The molecular weight excluding hydrogens is 308 g/mol. The standard InChI is InChI=1S/C14H8N2O7/c17-12-8-3-1-2-4-9(8)13(18)15(12)7-22-14(19)10-5-6-11(23-10)16(20)21/h1-6H,7H2. The van der Waals surface area contributed by atoms with Gasteiger partial charge in [0.1, 0.15) is 4.92 Å². The van der Waals surface area contributed by atoms with E-state index in [0.717, 1.165) is 17.0 Å². The second-order valence-corrected chi connectivity index (χ2v) is 4.54. The monoisotopic (exact) mass is 316 g/mol. The second kappa shape index (κ2) is 5.37. The fourth-order valence-electron chi connectivity index (χ4n) is 2.09.